The minimum Gasteiger partial charge on any atom is -0.368 e. The quantitative estimate of drug-likeness (QED) is 0.771. The second-order valence-electron chi connectivity index (χ2n) is 5.16. The summed E-state index contributed by atoms with van der Waals surface area (Å²) in [5, 5.41) is 0. The van der Waals surface area contributed by atoms with Gasteiger partial charge in [0.1, 0.15) is 6.10 Å². The van der Waals surface area contributed by atoms with Crippen LogP contribution in [0.4, 0.5) is 0 Å². The topological polar surface area (TPSA) is 58.8 Å². The van der Waals surface area contributed by atoms with Crippen molar-refractivity contribution >= 4 is 5.91 Å². The first-order chi connectivity index (χ1) is 8.81. The highest BCUT2D eigenvalue weighted by atomic mass is 16.5. The van der Waals surface area contributed by atoms with E-state index >= 15 is 0 Å². The molecule has 2 rings (SSSR count). The highest BCUT2D eigenvalue weighted by molar-refractivity contribution is 5.81. The lowest BCUT2D eigenvalue weighted by atomic mass is 10.1. The van der Waals surface area contributed by atoms with Crippen molar-refractivity contribution in [1.82, 2.24) is 9.80 Å². The summed E-state index contributed by atoms with van der Waals surface area (Å²) in [5.74, 6) is 0.202. The zero-order valence-corrected chi connectivity index (χ0v) is 11.1. The highest BCUT2D eigenvalue weighted by Crippen LogP contribution is 2.16. The molecule has 0 aromatic carbocycles. The number of hydrogen-bond acceptors (Lipinski definition) is 4. The molecule has 1 unspecified atom stereocenters. The largest absolute Gasteiger partial charge is 0.368 e. The van der Waals surface area contributed by atoms with E-state index in [9.17, 15) is 4.79 Å². The summed E-state index contributed by atoms with van der Waals surface area (Å²) in [6.07, 6.45) is 3.98. The number of carbonyl (C=O) groups is 1. The zero-order chi connectivity index (χ0) is 12.8. The number of carbonyl (C=O) groups excluding carboxylic acids is 1. The first-order valence-electron chi connectivity index (χ1n) is 7.14. The van der Waals surface area contributed by atoms with Gasteiger partial charge in [-0.1, -0.05) is 0 Å². The van der Waals surface area contributed by atoms with Gasteiger partial charge in [0.2, 0.25) is 0 Å². The van der Waals surface area contributed by atoms with E-state index < -0.39 is 0 Å². The van der Waals surface area contributed by atoms with Crippen LogP contribution in [0.3, 0.4) is 0 Å². The zero-order valence-electron chi connectivity index (χ0n) is 11.1. The molecular formula is C13H25N3O2. The van der Waals surface area contributed by atoms with Crippen molar-refractivity contribution in [3.05, 3.63) is 0 Å². The number of piperazine rings is 1. The van der Waals surface area contributed by atoms with Crippen molar-refractivity contribution < 1.29 is 9.53 Å². The third-order valence-corrected chi connectivity index (χ3v) is 3.82. The van der Waals surface area contributed by atoms with Crippen LogP contribution in [0.5, 0.6) is 0 Å². The molecule has 0 bridgehead atoms. The predicted molar refractivity (Wildman–Crippen MR) is 70.3 cm³/mol. The molecule has 2 aliphatic heterocycles. The fraction of sp³-hybridized carbons (Fsp3) is 0.923. The number of hydrogen-bond donors (Lipinski definition) is 1. The van der Waals surface area contributed by atoms with E-state index in [1.807, 2.05) is 4.90 Å². The normalized spacial score (nSPS) is 26.3. The van der Waals surface area contributed by atoms with Gasteiger partial charge in [-0.3, -0.25) is 9.69 Å². The van der Waals surface area contributed by atoms with Crippen LogP contribution in [0, 0.1) is 0 Å². The van der Waals surface area contributed by atoms with E-state index in [0.29, 0.717) is 0 Å². The van der Waals surface area contributed by atoms with Gasteiger partial charge in [-0.15, -0.1) is 0 Å². The first-order valence-corrected chi connectivity index (χ1v) is 7.14. The van der Waals surface area contributed by atoms with E-state index in [1.54, 1.807) is 0 Å². The van der Waals surface area contributed by atoms with Gasteiger partial charge in [-0.25, -0.2) is 0 Å². The van der Waals surface area contributed by atoms with Crippen molar-refractivity contribution in [3.8, 4) is 0 Å². The molecule has 2 aliphatic rings. The standard InChI is InChI=1S/C13H25N3O2/c14-5-3-6-15-7-9-16(10-8-15)13(17)12-4-1-2-11-18-12/h12H,1-11,14H2. The summed E-state index contributed by atoms with van der Waals surface area (Å²) in [7, 11) is 0. The Labute approximate surface area is 109 Å². The second-order valence-corrected chi connectivity index (χ2v) is 5.16. The molecule has 0 aromatic heterocycles. The maximum absolute atomic E-state index is 12.2. The van der Waals surface area contributed by atoms with E-state index in [-0.39, 0.29) is 12.0 Å². The molecule has 0 aliphatic carbocycles. The Kier molecular flexibility index (Phi) is 5.41. The van der Waals surface area contributed by atoms with Crippen LogP contribution in [0.1, 0.15) is 25.7 Å². The van der Waals surface area contributed by atoms with Crippen molar-refractivity contribution in [2.45, 2.75) is 31.8 Å². The summed E-state index contributed by atoms with van der Waals surface area (Å²) in [6.45, 7) is 6.16. The van der Waals surface area contributed by atoms with Crippen molar-refractivity contribution in [3.63, 3.8) is 0 Å². The molecule has 0 spiro atoms. The van der Waals surface area contributed by atoms with Gasteiger partial charge in [0.15, 0.2) is 0 Å². The van der Waals surface area contributed by atoms with Crippen molar-refractivity contribution in [2.75, 3.05) is 45.9 Å². The highest BCUT2D eigenvalue weighted by Gasteiger charge is 2.28. The molecule has 5 heteroatoms. The number of nitrogens with two attached hydrogens (primary N) is 1. The molecule has 5 nitrogen and oxygen atoms in total. The monoisotopic (exact) mass is 255 g/mol. The van der Waals surface area contributed by atoms with E-state index in [2.05, 4.69) is 4.90 Å². The molecular weight excluding hydrogens is 230 g/mol. The molecule has 2 heterocycles. The average Bonchev–Trinajstić information content (AvgIpc) is 2.46. The first kappa shape index (κ1) is 13.8. The molecule has 2 saturated heterocycles. The molecule has 1 amide bonds. The molecule has 0 aromatic rings. The minimum atomic E-state index is -0.172. The Bertz CT molecular complexity index is 259. The van der Waals surface area contributed by atoms with Gasteiger partial charge in [0.25, 0.3) is 5.91 Å². The van der Waals surface area contributed by atoms with E-state index in [4.69, 9.17) is 10.5 Å². The van der Waals surface area contributed by atoms with Gasteiger partial charge >= 0.3 is 0 Å². The average molecular weight is 255 g/mol. The molecule has 2 N–H and O–H groups in total. The lowest BCUT2D eigenvalue weighted by molar-refractivity contribution is -0.148. The summed E-state index contributed by atoms with van der Waals surface area (Å²) in [4.78, 5) is 16.6. The number of nitrogens with zero attached hydrogens (tertiary/aromatic N) is 2. The summed E-state index contributed by atoms with van der Waals surface area (Å²) in [6, 6.07) is 0. The number of amides is 1. The Morgan fingerprint density at radius 3 is 2.61 bits per heavy atom. The minimum absolute atomic E-state index is 0.172. The van der Waals surface area contributed by atoms with Gasteiger partial charge < -0.3 is 15.4 Å². The molecule has 0 saturated carbocycles. The molecule has 104 valence electrons. The summed E-state index contributed by atoms with van der Waals surface area (Å²) in [5.41, 5.74) is 5.51. The van der Waals surface area contributed by atoms with Crippen LogP contribution in [0.25, 0.3) is 0 Å². The fourth-order valence-electron chi connectivity index (χ4n) is 2.65. The third-order valence-electron chi connectivity index (χ3n) is 3.82. The number of ether oxygens (including phenoxy) is 1. The van der Waals surface area contributed by atoms with Crippen LogP contribution in [0.15, 0.2) is 0 Å². The van der Waals surface area contributed by atoms with Gasteiger partial charge in [-0.05, 0) is 38.8 Å². The van der Waals surface area contributed by atoms with Crippen LogP contribution < -0.4 is 5.73 Å². The Morgan fingerprint density at radius 1 is 1.22 bits per heavy atom. The number of rotatable bonds is 4. The molecule has 0 radical (unpaired) electrons. The van der Waals surface area contributed by atoms with Crippen molar-refractivity contribution in [2.24, 2.45) is 5.73 Å². The van der Waals surface area contributed by atoms with Gasteiger partial charge in [0.05, 0.1) is 0 Å². The van der Waals surface area contributed by atoms with Crippen LogP contribution >= 0.6 is 0 Å². The van der Waals surface area contributed by atoms with Crippen LogP contribution in [-0.4, -0.2) is 67.7 Å². The fourth-order valence-corrected chi connectivity index (χ4v) is 2.65. The summed E-state index contributed by atoms with van der Waals surface area (Å²) >= 11 is 0. The molecule has 1 atom stereocenters. The Hall–Kier alpha value is -0.650. The lowest BCUT2D eigenvalue weighted by Gasteiger charge is -2.37. The van der Waals surface area contributed by atoms with Crippen molar-refractivity contribution in [1.29, 1.82) is 0 Å². The molecule has 18 heavy (non-hydrogen) atoms. The van der Waals surface area contributed by atoms with E-state index in [0.717, 1.165) is 71.6 Å². The smallest absolute Gasteiger partial charge is 0.251 e. The SMILES string of the molecule is NCCCN1CCN(C(=O)C2CCCCO2)CC1. The third kappa shape index (κ3) is 3.67. The predicted octanol–water partition coefficient (Wildman–Crippen LogP) is 0.0485. The van der Waals surface area contributed by atoms with E-state index in [1.165, 1.54) is 0 Å². The van der Waals surface area contributed by atoms with Gasteiger partial charge in [0, 0.05) is 32.8 Å². The Morgan fingerprint density at radius 2 is 2.00 bits per heavy atom. The van der Waals surface area contributed by atoms with Crippen LogP contribution in [0.2, 0.25) is 0 Å². The second kappa shape index (κ2) is 7.07. The Balaban J connectivity index is 1.73. The maximum Gasteiger partial charge on any atom is 0.251 e. The lowest BCUT2D eigenvalue weighted by Crippen LogP contribution is -2.52. The maximum atomic E-state index is 12.2. The van der Waals surface area contributed by atoms with Gasteiger partial charge in [-0.2, -0.15) is 0 Å². The summed E-state index contributed by atoms with van der Waals surface area (Å²) < 4.78 is 5.56. The van der Waals surface area contributed by atoms with Crippen LogP contribution in [-0.2, 0) is 9.53 Å². The molecule has 2 fully saturated rings.